The van der Waals surface area contributed by atoms with Crippen LogP contribution in [-0.4, -0.2) is 52.2 Å². The summed E-state index contributed by atoms with van der Waals surface area (Å²) < 4.78 is 43.1. The van der Waals surface area contributed by atoms with Crippen LogP contribution in [0.4, 0.5) is 18.3 Å². The number of carbonyl (C=O) groups excluding carboxylic acids is 1. The van der Waals surface area contributed by atoms with Crippen molar-refractivity contribution in [2.24, 2.45) is 0 Å². The molecule has 0 atom stereocenters. The van der Waals surface area contributed by atoms with Gasteiger partial charge >= 0.3 is 12.1 Å². The summed E-state index contributed by atoms with van der Waals surface area (Å²) in [7, 11) is 0. The highest BCUT2D eigenvalue weighted by molar-refractivity contribution is 7.15. The largest absolute Gasteiger partial charge is 0.445 e. The van der Waals surface area contributed by atoms with Gasteiger partial charge in [-0.05, 0) is 13.3 Å². The molecule has 1 saturated heterocycles. The Bertz CT molecular complexity index is 729. The zero-order chi connectivity index (χ0) is 17.3. The Morgan fingerprint density at radius 3 is 2.67 bits per heavy atom. The minimum Gasteiger partial charge on any atom is -0.438 e. The topological polar surface area (TPSA) is 75.4 Å². The van der Waals surface area contributed by atoms with Crippen LogP contribution in [0, 0.1) is 6.92 Å². The van der Waals surface area contributed by atoms with Gasteiger partial charge in [-0.1, -0.05) is 11.3 Å². The molecule has 1 fully saturated rings. The minimum absolute atomic E-state index is 0.0243. The lowest BCUT2D eigenvalue weighted by Gasteiger charge is -2.20. The lowest BCUT2D eigenvalue weighted by molar-refractivity contribution is -0.138. The third-order valence-electron chi connectivity index (χ3n) is 3.51. The van der Waals surface area contributed by atoms with Crippen molar-refractivity contribution in [3.8, 4) is 0 Å². The van der Waals surface area contributed by atoms with Gasteiger partial charge in [-0.25, -0.2) is 4.98 Å². The van der Waals surface area contributed by atoms with Gasteiger partial charge in [0.2, 0.25) is 10.1 Å². The number of hydrogen-bond donors (Lipinski definition) is 0. The van der Waals surface area contributed by atoms with Gasteiger partial charge in [0.05, 0.1) is 6.20 Å². The van der Waals surface area contributed by atoms with Crippen LogP contribution >= 0.6 is 11.3 Å². The molecule has 7 nitrogen and oxygen atoms in total. The maximum atomic E-state index is 12.6. The molecule has 11 heteroatoms. The van der Waals surface area contributed by atoms with Crippen LogP contribution in [0.3, 0.4) is 0 Å². The lowest BCUT2D eigenvalue weighted by Crippen LogP contribution is -2.35. The Labute approximate surface area is 139 Å². The van der Waals surface area contributed by atoms with Gasteiger partial charge in [-0.3, -0.25) is 4.79 Å². The van der Waals surface area contributed by atoms with Crippen molar-refractivity contribution in [3.05, 3.63) is 22.9 Å². The highest BCUT2D eigenvalue weighted by Gasteiger charge is 2.36. The number of alkyl halides is 3. The van der Waals surface area contributed by atoms with Crippen molar-refractivity contribution >= 4 is 22.4 Å². The van der Waals surface area contributed by atoms with E-state index in [1.54, 1.807) is 16.7 Å². The van der Waals surface area contributed by atoms with Crippen LogP contribution in [0.15, 0.2) is 10.6 Å². The molecule has 0 N–H and O–H groups in total. The van der Waals surface area contributed by atoms with Crippen molar-refractivity contribution < 1.29 is 22.4 Å². The van der Waals surface area contributed by atoms with Crippen LogP contribution in [0.2, 0.25) is 0 Å². The third kappa shape index (κ3) is 3.50. The van der Waals surface area contributed by atoms with Gasteiger partial charge in [0.25, 0.3) is 5.89 Å². The molecule has 0 aromatic carbocycles. The Morgan fingerprint density at radius 2 is 2.04 bits per heavy atom. The highest BCUT2D eigenvalue weighted by Crippen LogP contribution is 2.34. The second kappa shape index (κ2) is 6.38. The fraction of sp³-hybridized carbons (Fsp3) is 0.538. The van der Waals surface area contributed by atoms with Crippen LogP contribution in [-0.2, 0) is 6.18 Å². The SMILES string of the molecule is Cc1cnc(C(=O)N2CCCN(c3nnc(C(F)(F)F)s3)CC2)o1. The van der Waals surface area contributed by atoms with Gasteiger partial charge in [-0.15, -0.1) is 10.2 Å². The standard InChI is InChI=1S/C13H14F3N5O2S/c1-8-7-17-9(23-8)10(22)20-3-2-4-21(6-5-20)12-19-18-11(24-12)13(14,15)16/h7H,2-6H2,1H3. The van der Waals surface area contributed by atoms with E-state index in [1.165, 1.54) is 6.20 Å². The minimum atomic E-state index is -4.49. The fourth-order valence-corrected chi connectivity index (χ4v) is 3.12. The maximum absolute atomic E-state index is 12.6. The van der Waals surface area contributed by atoms with Crippen molar-refractivity contribution in [1.29, 1.82) is 0 Å². The predicted octanol–water partition coefficient (Wildman–Crippen LogP) is 2.21. The van der Waals surface area contributed by atoms with E-state index in [0.717, 1.165) is 0 Å². The molecule has 3 heterocycles. The summed E-state index contributed by atoms with van der Waals surface area (Å²) in [5.41, 5.74) is 0. The maximum Gasteiger partial charge on any atom is 0.445 e. The van der Waals surface area contributed by atoms with E-state index in [1.807, 2.05) is 0 Å². The number of anilines is 1. The molecule has 24 heavy (non-hydrogen) atoms. The molecule has 3 rings (SSSR count). The van der Waals surface area contributed by atoms with Gasteiger partial charge in [0.15, 0.2) is 0 Å². The molecule has 130 valence electrons. The Balaban J connectivity index is 1.67. The quantitative estimate of drug-likeness (QED) is 0.816. The Kier molecular flexibility index (Phi) is 4.43. The molecule has 0 unspecified atom stereocenters. The molecule has 0 radical (unpaired) electrons. The first-order valence-electron chi connectivity index (χ1n) is 7.22. The molecule has 0 bridgehead atoms. The second-order valence-electron chi connectivity index (χ2n) is 5.30. The highest BCUT2D eigenvalue weighted by atomic mass is 32.1. The van der Waals surface area contributed by atoms with Crippen LogP contribution in [0.25, 0.3) is 0 Å². The molecular weight excluding hydrogens is 347 g/mol. The summed E-state index contributed by atoms with van der Waals surface area (Å²) in [5.74, 6) is 0.248. The van der Waals surface area contributed by atoms with Crippen LogP contribution < -0.4 is 4.90 Å². The number of carbonyl (C=O) groups is 1. The molecule has 0 aliphatic carbocycles. The summed E-state index contributed by atoms with van der Waals surface area (Å²) in [6.07, 6.45) is -2.42. The van der Waals surface area contributed by atoms with E-state index in [-0.39, 0.29) is 16.9 Å². The average molecular weight is 361 g/mol. The number of amides is 1. The second-order valence-corrected chi connectivity index (χ2v) is 6.25. The fourth-order valence-electron chi connectivity index (χ4n) is 2.36. The molecule has 1 aliphatic rings. The van der Waals surface area contributed by atoms with Gasteiger partial charge < -0.3 is 14.2 Å². The van der Waals surface area contributed by atoms with Gasteiger partial charge in [0, 0.05) is 26.2 Å². The summed E-state index contributed by atoms with van der Waals surface area (Å²) in [4.78, 5) is 19.5. The van der Waals surface area contributed by atoms with E-state index >= 15 is 0 Å². The molecule has 1 amide bonds. The zero-order valence-corrected chi connectivity index (χ0v) is 13.5. The van der Waals surface area contributed by atoms with E-state index in [4.69, 9.17) is 4.42 Å². The van der Waals surface area contributed by atoms with Gasteiger partial charge in [-0.2, -0.15) is 13.2 Å². The van der Waals surface area contributed by atoms with Crippen molar-refractivity contribution in [3.63, 3.8) is 0 Å². The number of aromatic nitrogens is 3. The monoisotopic (exact) mass is 361 g/mol. The number of aryl methyl sites for hydroxylation is 1. The van der Waals surface area contributed by atoms with Crippen molar-refractivity contribution in [2.75, 3.05) is 31.1 Å². The van der Waals surface area contributed by atoms with E-state index in [2.05, 4.69) is 15.2 Å². The third-order valence-corrected chi connectivity index (χ3v) is 4.54. The molecule has 2 aromatic rings. The van der Waals surface area contributed by atoms with Gasteiger partial charge in [0.1, 0.15) is 5.76 Å². The smallest absolute Gasteiger partial charge is 0.438 e. The molecular formula is C13H14F3N5O2S. The summed E-state index contributed by atoms with van der Waals surface area (Å²) in [5, 5.41) is 6.06. The van der Waals surface area contributed by atoms with Crippen molar-refractivity contribution in [2.45, 2.75) is 19.5 Å². The van der Waals surface area contributed by atoms with E-state index in [0.29, 0.717) is 49.7 Å². The predicted molar refractivity (Wildman–Crippen MR) is 78.9 cm³/mol. The normalized spacial score (nSPS) is 16.3. The molecule has 0 spiro atoms. The number of hydrogen-bond acceptors (Lipinski definition) is 7. The first-order chi connectivity index (χ1) is 11.3. The van der Waals surface area contributed by atoms with E-state index < -0.39 is 11.2 Å². The molecule has 2 aromatic heterocycles. The average Bonchev–Trinajstić information content (AvgIpc) is 3.10. The Morgan fingerprint density at radius 1 is 1.25 bits per heavy atom. The Hall–Kier alpha value is -2.17. The molecule has 1 aliphatic heterocycles. The summed E-state index contributed by atoms with van der Waals surface area (Å²) in [6, 6.07) is 0. The summed E-state index contributed by atoms with van der Waals surface area (Å²) >= 11 is 0.509. The van der Waals surface area contributed by atoms with E-state index in [9.17, 15) is 18.0 Å². The number of halogens is 3. The lowest BCUT2D eigenvalue weighted by atomic mass is 10.4. The first kappa shape index (κ1) is 16.7. The summed E-state index contributed by atoms with van der Waals surface area (Å²) in [6.45, 7) is 3.39. The van der Waals surface area contributed by atoms with Crippen molar-refractivity contribution in [1.82, 2.24) is 20.1 Å². The zero-order valence-electron chi connectivity index (χ0n) is 12.7. The first-order valence-corrected chi connectivity index (χ1v) is 8.03. The van der Waals surface area contributed by atoms with Crippen LogP contribution in [0.5, 0.6) is 0 Å². The number of nitrogens with zero attached hydrogens (tertiary/aromatic N) is 5. The number of oxazole rings is 1. The number of rotatable bonds is 2. The van der Waals surface area contributed by atoms with Crippen LogP contribution in [0.1, 0.15) is 27.9 Å². The molecule has 0 saturated carbocycles.